The fourth-order valence-corrected chi connectivity index (χ4v) is 2.07. The minimum atomic E-state index is -4.46. The van der Waals surface area contributed by atoms with Crippen LogP contribution in [-0.4, -0.2) is 26.5 Å². The zero-order chi connectivity index (χ0) is 15.6. The molecule has 0 saturated carbocycles. The maximum Gasteiger partial charge on any atom is 0.435 e. The normalized spacial score (nSPS) is 11.7. The molecule has 0 fully saturated rings. The van der Waals surface area contributed by atoms with Gasteiger partial charge in [-0.3, -0.25) is 4.68 Å². The number of nitrogens with zero attached hydrogens (tertiary/aromatic N) is 4. The van der Waals surface area contributed by atoms with Gasteiger partial charge in [0.1, 0.15) is 5.82 Å². The first-order valence-electron chi connectivity index (χ1n) is 6.43. The van der Waals surface area contributed by atoms with Crippen molar-refractivity contribution < 1.29 is 13.2 Å². The molecule has 5 nitrogen and oxygen atoms in total. The molecule has 0 saturated heterocycles. The summed E-state index contributed by atoms with van der Waals surface area (Å²) in [6.07, 6.45) is -3.75. The summed E-state index contributed by atoms with van der Waals surface area (Å²) in [5.74, 6) is 0.321. The van der Waals surface area contributed by atoms with Crippen LogP contribution >= 0.6 is 0 Å². The number of alkyl halides is 3. The number of rotatable bonds is 4. The summed E-state index contributed by atoms with van der Waals surface area (Å²) >= 11 is 0. The van der Waals surface area contributed by atoms with E-state index in [0.717, 1.165) is 23.0 Å². The molecule has 2 heterocycles. The van der Waals surface area contributed by atoms with Crippen LogP contribution in [0.15, 0.2) is 12.1 Å². The molecule has 8 heteroatoms. The Balaban J connectivity index is 1.95. The summed E-state index contributed by atoms with van der Waals surface area (Å²) in [7, 11) is 1.88. The fourth-order valence-electron chi connectivity index (χ4n) is 2.07. The average molecular weight is 299 g/mol. The molecule has 0 bridgehead atoms. The van der Waals surface area contributed by atoms with Gasteiger partial charge in [0.05, 0.1) is 5.69 Å². The molecule has 0 radical (unpaired) electrons. The Bertz CT molecular complexity index is 616. The number of hydrogen-bond acceptors (Lipinski definition) is 4. The fraction of sp³-hybridized carbons (Fsp3) is 0.462. The quantitative estimate of drug-likeness (QED) is 0.942. The number of hydrogen-bond donors (Lipinski definition) is 1. The van der Waals surface area contributed by atoms with Crippen molar-refractivity contribution in [3.63, 3.8) is 0 Å². The Labute approximate surface area is 120 Å². The van der Waals surface area contributed by atoms with Crippen molar-refractivity contribution in [1.82, 2.24) is 20.0 Å². The lowest BCUT2D eigenvalue weighted by molar-refractivity contribution is -0.141. The zero-order valence-electron chi connectivity index (χ0n) is 12.0. The third-order valence-corrected chi connectivity index (χ3v) is 3.29. The molecular formula is C13H16F3N5. The molecule has 0 aliphatic heterocycles. The van der Waals surface area contributed by atoms with Crippen LogP contribution in [0.4, 0.5) is 19.0 Å². The van der Waals surface area contributed by atoms with Crippen LogP contribution in [-0.2, 0) is 19.6 Å². The molecule has 0 atom stereocenters. The highest BCUT2D eigenvalue weighted by molar-refractivity contribution is 5.34. The van der Waals surface area contributed by atoms with Gasteiger partial charge >= 0.3 is 6.18 Å². The molecule has 0 spiro atoms. The predicted molar refractivity (Wildman–Crippen MR) is 71.9 cm³/mol. The van der Waals surface area contributed by atoms with Gasteiger partial charge < -0.3 is 5.32 Å². The van der Waals surface area contributed by atoms with E-state index in [1.54, 1.807) is 0 Å². The van der Waals surface area contributed by atoms with E-state index >= 15 is 0 Å². The minimum absolute atomic E-state index is 0.321. The van der Waals surface area contributed by atoms with Gasteiger partial charge in [-0.2, -0.15) is 18.3 Å². The second kappa shape index (κ2) is 5.71. The van der Waals surface area contributed by atoms with E-state index in [1.807, 2.05) is 25.6 Å². The molecule has 0 unspecified atom stereocenters. The first-order valence-corrected chi connectivity index (χ1v) is 6.43. The Kier molecular flexibility index (Phi) is 4.15. The minimum Gasteiger partial charge on any atom is -0.368 e. The highest BCUT2D eigenvalue weighted by atomic mass is 19.4. The second-order valence-electron chi connectivity index (χ2n) is 4.75. The van der Waals surface area contributed by atoms with Gasteiger partial charge in [-0.1, -0.05) is 0 Å². The highest BCUT2D eigenvalue weighted by Crippen LogP contribution is 2.27. The number of nitrogens with one attached hydrogen (secondary N) is 1. The Morgan fingerprint density at radius 2 is 1.90 bits per heavy atom. The van der Waals surface area contributed by atoms with Crippen LogP contribution in [0.5, 0.6) is 0 Å². The number of aryl methyl sites for hydroxylation is 2. The van der Waals surface area contributed by atoms with Gasteiger partial charge in [-0.05, 0) is 38.0 Å². The van der Waals surface area contributed by atoms with Gasteiger partial charge in [-0.25, -0.2) is 0 Å². The summed E-state index contributed by atoms with van der Waals surface area (Å²) in [4.78, 5) is 0. The Hall–Kier alpha value is -2.12. The standard InChI is InChI=1S/C13H16F3N5/c1-8-10(9(2)21(3)20-8)6-7-17-12-5-4-11(18-19-12)13(14,15)16/h4-5H,6-7H2,1-3H3,(H,17,19). The third kappa shape index (κ3) is 3.50. The smallest absolute Gasteiger partial charge is 0.368 e. The first-order chi connectivity index (χ1) is 9.79. The monoisotopic (exact) mass is 299 g/mol. The molecule has 2 aromatic rings. The van der Waals surface area contributed by atoms with Gasteiger partial charge in [0.2, 0.25) is 0 Å². The molecule has 2 aromatic heterocycles. The third-order valence-electron chi connectivity index (χ3n) is 3.29. The Morgan fingerprint density at radius 3 is 2.38 bits per heavy atom. The lowest BCUT2D eigenvalue weighted by Gasteiger charge is -2.07. The van der Waals surface area contributed by atoms with Crippen molar-refractivity contribution in [3.8, 4) is 0 Å². The summed E-state index contributed by atoms with van der Waals surface area (Å²) in [5, 5.41) is 14.0. The van der Waals surface area contributed by atoms with E-state index in [2.05, 4.69) is 20.6 Å². The van der Waals surface area contributed by atoms with Crippen LogP contribution < -0.4 is 5.32 Å². The number of halogens is 3. The van der Waals surface area contributed by atoms with E-state index < -0.39 is 11.9 Å². The summed E-state index contributed by atoms with van der Waals surface area (Å²) in [6.45, 7) is 4.46. The van der Waals surface area contributed by atoms with E-state index in [9.17, 15) is 13.2 Å². The molecule has 21 heavy (non-hydrogen) atoms. The zero-order valence-corrected chi connectivity index (χ0v) is 12.0. The summed E-state index contributed by atoms with van der Waals surface area (Å²) in [5.41, 5.74) is 2.17. The van der Waals surface area contributed by atoms with Crippen molar-refractivity contribution in [2.24, 2.45) is 7.05 Å². The molecular weight excluding hydrogens is 283 g/mol. The summed E-state index contributed by atoms with van der Waals surface area (Å²) in [6, 6.07) is 2.19. The molecule has 0 aliphatic rings. The first kappa shape index (κ1) is 15.3. The molecule has 2 rings (SSSR count). The van der Waals surface area contributed by atoms with Crippen LogP contribution in [0.25, 0.3) is 0 Å². The van der Waals surface area contributed by atoms with Crippen molar-refractivity contribution in [1.29, 1.82) is 0 Å². The largest absolute Gasteiger partial charge is 0.435 e. The van der Waals surface area contributed by atoms with Crippen molar-refractivity contribution in [2.45, 2.75) is 26.4 Å². The molecule has 0 amide bonds. The molecule has 114 valence electrons. The molecule has 1 N–H and O–H groups in total. The lowest BCUT2D eigenvalue weighted by atomic mass is 10.1. The summed E-state index contributed by atoms with van der Waals surface area (Å²) < 4.78 is 38.9. The topological polar surface area (TPSA) is 55.6 Å². The van der Waals surface area contributed by atoms with Crippen LogP contribution in [0.1, 0.15) is 22.6 Å². The van der Waals surface area contributed by atoms with Crippen LogP contribution in [0.2, 0.25) is 0 Å². The average Bonchev–Trinajstić information content (AvgIpc) is 2.64. The predicted octanol–water partition coefficient (Wildman–Crippen LogP) is 2.50. The maximum absolute atomic E-state index is 12.4. The number of aromatic nitrogens is 4. The highest BCUT2D eigenvalue weighted by Gasteiger charge is 2.32. The van der Waals surface area contributed by atoms with Gasteiger partial charge in [-0.15, -0.1) is 10.2 Å². The van der Waals surface area contributed by atoms with Gasteiger partial charge in [0, 0.05) is 19.3 Å². The van der Waals surface area contributed by atoms with Crippen molar-refractivity contribution in [2.75, 3.05) is 11.9 Å². The maximum atomic E-state index is 12.4. The van der Waals surface area contributed by atoms with E-state index in [0.29, 0.717) is 18.8 Å². The van der Waals surface area contributed by atoms with Crippen molar-refractivity contribution in [3.05, 3.63) is 34.8 Å². The number of anilines is 1. The van der Waals surface area contributed by atoms with Crippen molar-refractivity contribution >= 4 is 5.82 Å². The van der Waals surface area contributed by atoms with Gasteiger partial charge in [0.15, 0.2) is 5.69 Å². The van der Waals surface area contributed by atoms with E-state index in [-0.39, 0.29) is 0 Å². The van der Waals surface area contributed by atoms with Gasteiger partial charge in [0.25, 0.3) is 0 Å². The molecule has 0 aliphatic carbocycles. The Morgan fingerprint density at radius 1 is 1.19 bits per heavy atom. The van der Waals surface area contributed by atoms with E-state index in [4.69, 9.17) is 0 Å². The van der Waals surface area contributed by atoms with Crippen LogP contribution in [0.3, 0.4) is 0 Å². The SMILES string of the molecule is Cc1nn(C)c(C)c1CCNc1ccc(C(F)(F)F)nn1. The lowest BCUT2D eigenvalue weighted by Crippen LogP contribution is -2.12. The van der Waals surface area contributed by atoms with E-state index in [1.165, 1.54) is 6.07 Å². The van der Waals surface area contributed by atoms with Crippen LogP contribution in [0, 0.1) is 13.8 Å². The molecule has 0 aromatic carbocycles. The second-order valence-corrected chi connectivity index (χ2v) is 4.75.